The summed E-state index contributed by atoms with van der Waals surface area (Å²) < 4.78 is 1.99. The maximum absolute atomic E-state index is 14.4. The number of benzene rings is 3. The van der Waals surface area contributed by atoms with E-state index in [-0.39, 0.29) is 17.3 Å². The molecule has 4 heteroatoms. The Morgan fingerprint density at radius 1 is 0.921 bits per heavy atom. The normalized spacial score (nSPS) is 21.7. The van der Waals surface area contributed by atoms with Crippen LogP contribution in [0.3, 0.4) is 0 Å². The third-order valence-corrected chi connectivity index (χ3v) is 8.76. The van der Waals surface area contributed by atoms with E-state index in [1.165, 1.54) is 5.56 Å². The lowest BCUT2D eigenvalue weighted by Gasteiger charge is -2.52. The van der Waals surface area contributed by atoms with Gasteiger partial charge in [0.15, 0.2) is 5.78 Å². The number of aromatic nitrogens is 2. The molecule has 4 nitrogen and oxygen atoms in total. The zero-order valence-corrected chi connectivity index (χ0v) is 21.9. The summed E-state index contributed by atoms with van der Waals surface area (Å²) in [6.07, 6.45) is 4.83. The summed E-state index contributed by atoms with van der Waals surface area (Å²) in [6.45, 7) is 2.20. The van der Waals surface area contributed by atoms with Crippen LogP contribution in [0.1, 0.15) is 35.7 Å². The first-order valence-electron chi connectivity index (χ1n) is 13.3. The van der Waals surface area contributed by atoms with Gasteiger partial charge in [-0.05, 0) is 42.7 Å². The van der Waals surface area contributed by atoms with Crippen molar-refractivity contribution >= 4 is 5.78 Å². The second-order valence-corrected chi connectivity index (χ2v) is 11.0. The summed E-state index contributed by atoms with van der Waals surface area (Å²) in [6, 6.07) is 33.2. The SMILES string of the molecule is Cn1nc2c(c1-c1ccccc1)CCC1C(Cc3ccccc3)(Cc3ccccc3)C(=O)C(C#N)=C[C@]21C. The van der Waals surface area contributed by atoms with Crippen LogP contribution in [0.2, 0.25) is 0 Å². The first kappa shape index (κ1) is 24.1. The maximum atomic E-state index is 14.4. The highest BCUT2D eigenvalue weighted by Gasteiger charge is 2.59. The molecule has 0 saturated carbocycles. The van der Waals surface area contributed by atoms with E-state index in [9.17, 15) is 10.1 Å². The topological polar surface area (TPSA) is 58.7 Å². The average molecular weight is 498 g/mol. The Morgan fingerprint density at radius 2 is 1.47 bits per heavy atom. The monoisotopic (exact) mass is 497 g/mol. The fourth-order valence-electron chi connectivity index (χ4n) is 7.23. The van der Waals surface area contributed by atoms with Gasteiger partial charge >= 0.3 is 0 Å². The third-order valence-electron chi connectivity index (χ3n) is 8.76. The van der Waals surface area contributed by atoms with Crippen LogP contribution >= 0.6 is 0 Å². The smallest absolute Gasteiger partial charge is 0.180 e. The summed E-state index contributed by atoms with van der Waals surface area (Å²) in [5, 5.41) is 15.4. The Bertz CT molecular complexity index is 1520. The van der Waals surface area contributed by atoms with Gasteiger partial charge in [-0.1, -0.05) is 104 Å². The minimum absolute atomic E-state index is 0.00559. The number of hydrogen-bond donors (Lipinski definition) is 0. The number of Topliss-reactive ketones (excluding diaryl/α,β-unsaturated/α-hetero) is 1. The van der Waals surface area contributed by atoms with Gasteiger partial charge in [0.1, 0.15) is 6.07 Å². The molecule has 4 aromatic rings. The highest BCUT2D eigenvalue weighted by atomic mass is 16.1. The molecule has 0 spiro atoms. The van der Waals surface area contributed by atoms with E-state index in [1.807, 2.05) is 60.3 Å². The van der Waals surface area contributed by atoms with Crippen LogP contribution in [-0.4, -0.2) is 15.6 Å². The molecule has 6 rings (SSSR count). The average Bonchev–Trinajstić information content (AvgIpc) is 3.29. The van der Waals surface area contributed by atoms with Crippen LogP contribution in [0.15, 0.2) is 103 Å². The number of nitrogens with zero attached hydrogens (tertiary/aromatic N) is 3. The molecule has 1 aromatic heterocycles. The molecule has 2 aliphatic carbocycles. The second kappa shape index (κ2) is 9.26. The molecule has 2 atom stereocenters. The summed E-state index contributed by atoms with van der Waals surface area (Å²) in [5.74, 6) is -0.0242. The van der Waals surface area contributed by atoms with Crippen LogP contribution in [0.5, 0.6) is 0 Å². The summed E-state index contributed by atoms with van der Waals surface area (Å²) in [4.78, 5) is 14.4. The van der Waals surface area contributed by atoms with Crippen LogP contribution in [0.25, 0.3) is 11.3 Å². The molecule has 0 saturated heterocycles. The van der Waals surface area contributed by atoms with Gasteiger partial charge in [-0.25, -0.2) is 0 Å². The molecular formula is C34H31N3O. The molecule has 1 unspecified atom stereocenters. The second-order valence-electron chi connectivity index (χ2n) is 11.0. The lowest BCUT2D eigenvalue weighted by molar-refractivity contribution is -0.131. The Balaban J connectivity index is 1.57. The van der Waals surface area contributed by atoms with Gasteiger partial charge in [-0.2, -0.15) is 10.4 Å². The molecule has 0 aliphatic heterocycles. The number of hydrogen-bond acceptors (Lipinski definition) is 3. The first-order chi connectivity index (χ1) is 18.5. The van der Waals surface area contributed by atoms with Crippen molar-refractivity contribution in [1.29, 1.82) is 5.26 Å². The Labute approximate surface area is 224 Å². The number of nitriles is 1. The van der Waals surface area contributed by atoms with Crippen molar-refractivity contribution in [2.75, 3.05) is 0 Å². The molecule has 0 bridgehead atoms. The molecule has 0 fully saturated rings. The lowest BCUT2D eigenvalue weighted by Crippen LogP contribution is -2.56. The van der Waals surface area contributed by atoms with Gasteiger partial charge in [-0.3, -0.25) is 9.48 Å². The molecule has 188 valence electrons. The van der Waals surface area contributed by atoms with Crippen molar-refractivity contribution < 1.29 is 4.79 Å². The summed E-state index contributed by atoms with van der Waals surface area (Å²) in [7, 11) is 2.00. The molecule has 38 heavy (non-hydrogen) atoms. The quantitative estimate of drug-likeness (QED) is 0.320. The predicted molar refractivity (Wildman–Crippen MR) is 149 cm³/mol. The maximum Gasteiger partial charge on any atom is 0.180 e. The lowest BCUT2D eigenvalue weighted by atomic mass is 9.48. The number of carbonyl (C=O) groups is 1. The minimum Gasteiger partial charge on any atom is -0.293 e. The van der Waals surface area contributed by atoms with Gasteiger partial charge in [-0.15, -0.1) is 0 Å². The van der Waals surface area contributed by atoms with Crippen molar-refractivity contribution in [3.8, 4) is 17.3 Å². The zero-order chi connectivity index (χ0) is 26.3. The van der Waals surface area contributed by atoms with Crippen molar-refractivity contribution in [2.24, 2.45) is 18.4 Å². The van der Waals surface area contributed by atoms with Crippen molar-refractivity contribution in [3.05, 3.63) is 125 Å². The van der Waals surface area contributed by atoms with Crippen LogP contribution in [-0.2, 0) is 36.5 Å². The fourth-order valence-corrected chi connectivity index (χ4v) is 7.23. The zero-order valence-electron chi connectivity index (χ0n) is 21.9. The van der Waals surface area contributed by atoms with E-state index in [0.29, 0.717) is 12.8 Å². The molecule has 2 aliphatic rings. The predicted octanol–water partition coefficient (Wildman–Crippen LogP) is 6.41. The highest BCUT2D eigenvalue weighted by Crippen LogP contribution is 2.57. The van der Waals surface area contributed by atoms with Crippen molar-refractivity contribution in [1.82, 2.24) is 9.78 Å². The largest absolute Gasteiger partial charge is 0.293 e. The Hall–Kier alpha value is -4.23. The number of rotatable bonds is 5. The van der Waals surface area contributed by atoms with E-state index in [1.54, 1.807) is 0 Å². The van der Waals surface area contributed by atoms with E-state index in [0.717, 1.165) is 40.9 Å². The number of aryl methyl sites for hydroxylation is 1. The number of fused-ring (bicyclic) bond motifs is 3. The van der Waals surface area contributed by atoms with E-state index in [2.05, 4.69) is 61.5 Å². The van der Waals surface area contributed by atoms with Gasteiger partial charge in [0.2, 0.25) is 0 Å². The van der Waals surface area contributed by atoms with Gasteiger partial charge in [0.05, 0.1) is 17.0 Å². The fraction of sp³-hybridized carbons (Fsp3) is 0.265. The number of allylic oxidation sites excluding steroid dienone is 2. The molecule has 0 radical (unpaired) electrons. The van der Waals surface area contributed by atoms with Crippen LogP contribution < -0.4 is 0 Å². The summed E-state index contributed by atoms with van der Waals surface area (Å²) in [5.41, 5.74) is 5.71. The standard InChI is InChI=1S/C34H31N3O/c1-33-22-27(23-35)32(38)34(20-24-12-6-3-7-13-24,21-25-14-8-4-9-15-25)29(33)19-18-28-30(37(2)36-31(28)33)26-16-10-5-11-17-26/h3-17,22,29H,18-21H2,1-2H3/t29?,33-/m0/s1. The number of ketones is 1. The van der Waals surface area contributed by atoms with Gasteiger partial charge in [0, 0.05) is 29.0 Å². The Morgan fingerprint density at radius 3 is 2.03 bits per heavy atom. The van der Waals surface area contributed by atoms with Gasteiger partial charge < -0.3 is 0 Å². The molecule has 3 aromatic carbocycles. The van der Waals surface area contributed by atoms with Crippen molar-refractivity contribution in [3.63, 3.8) is 0 Å². The molecule has 0 amide bonds. The molecule has 1 heterocycles. The van der Waals surface area contributed by atoms with Crippen LogP contribution in [0.4, 0.5) is 0 Å². The minimum atomic E-state index is -0.751. The van der Waals surface area contributed by atoms with Crippen LogP contribution in [0, 0.1) is 22.7 Å². The first-order valence-corrected chi connectivity index (χ1v) is 13.3. The third kappa shape index (κ3) is 3.73. The molecular weight excluding hydrogens is 466 g/mol. The van der Waals surface area contributed by atoms with Crippen molar-refractivity contribution in [2.45, 2.75) is 38.0 Å². The van der Waals surface area contributed by atoms with E-state index in [4.69, 9.17) is 5.10 Å². The van der Waals surface area contributed by atoms with E-state index < -0.39 is 10.8 Å². The summed E-state index contributed by atoms with van der Waals surface area (Å²) >= 11 is 0. The number of carbonyl (C=O) groups excluding carboxylic acids is 1. The van der Waals surface area contributed by atoms with E-state index >= 15 is 0 Å². The highest BCUT2D eigenvalue weighted by molar-refractivity contribution is 6.05. The molecule has 0 N–H and O–H groups in total. The Kier molecular flexibility index (Phi) is 5.88. The van der Waals surface area contributed by atoms with Gasteiger partial charge in [0.25, 0.3) is 0 Å².